The summed E-state index contributed by atoms with van der Waals surface area (Å²) in [7, 11) is 0. The fourth-order valence-corrected chi connectivity index (χ4v) is 3.12. The van der Waals surface area contributed by atoms with Crippen LogP contribution in [0.5, 0.6) is 5.75 Å². The molecule has 0 aliphatic carbocycles. The molecule has 0 aromatic heterocycles. The number of carbonyl (C=O) groups excluding carboxylic acids is 3. The predicted molar refractivity (Wildman–Crippen MR) is 127 cm³/mol. The minimum absolute atomic E-state index is 0.0188. The number of nitrogens with one attached hydrogen (secondary N) is 3. The molecule has 3 rings (SSSR count). The molecule has 7 nitrogen and oxygen atoms in total. The number of rotatable bonds is 8. The van der Waals surface area contributed by atoms with Gasteiger partial charge in [0.2, 0.25) is 0 Å². The lowest BCUT2D eigenvalue weighted by atomic mass is 10.1. The average molecular weight is 446 g/mol. The lowest BCUT2D eigenvalue weighted by molar-refractivity contribution is -0.136. The van der Waals surface area contributed by atoms with Gasteiger partial charge in [-0.3, -0.25) is 14.4 Å². The minimum Gasteiger partial charge on any atom is -0.491 e. The highest BCUT2D eigenvalue weighted by molar-refractivity contribution is 6.40. The zero-order chi connectivity index (χ0) is 23.6. The van der Waals surface area contributed by atoms with Crippen LogP contribution >= 0.6 is 0 Å². The highest BCUT2D eigenvalue weighted by Gasteiger charge is 2.18. The fraction of sp³-hybridized carbons (Fsp3) is 0.192. The van der Waals surface area contributed by atoms with Crippen molar-refractivity contribution in [2.45, 2.75) is 33.0 Å². The second-order valence-corrected chi connectivity index (χ2v) is 7.62. The number of anilines is 1. The Kier molecular flexibility index (Phi) is 8.18. The third-order valence-corrected chi connectivity index (χ3v) is 4.70. The van der Waals surface area contributed by atoms with Crippen molar-refractivity contribution in [1.29, 1.82) is 0 Å². The average Bonchev–Trinajstić information content (AvgIpc) is 2.82. The summed E-state index contributed by atoms with van der Waals surface area (Å²) < 4.78 is 5.73. The van der Waals surface area contributed by atoms with Gasteiger partial charge < -0.3 is 20.7 Å². The smallest absolute Gasteiger partial charge is 0.313 e. The third kappa shape index (κ3) is 6.93. The van der Waals surface area contributed by atoms with Gasteiger partial charge in [0.1, 0.15) is 5.75 Å². The number of para-hydroxylation sites is 2. The van der Waals surface area contributed by atoms with Crippen LogP contribution in [0.3, 0.4) is 0 Å². The lowest BCUT2D eigenvalue weighted by Gasteiger charge is -2.15. The van der Waals surface area contributed by atoms with Gasteiger partial charge >= 0.3 is 11.8 Å². The van der Waals surface area contributed by atoms with E-state index in [-0.39, 0.29) is 29.8 Å². The fourth-order valence-electron chi connectivity index (χ4n) is 3.12. The molecule has 0 aliphatic rings. The summed E-state index contributed by atoms with van der Waals surface area (Å²) in [5.74, 6) is -1.38. The van der Waals surface area contributed by atoms with Crippen molar-refractivity contribution in [2.75, 3.05) is 5.32 Å². The Labute approximate surface area is 193 Å². The van der Waals surface area contributed by atoms with Gasteiger partial charge in [-0.05, 0) is 37.6 Å². The summed E-state index contributed by atoms with van der Waals surface area (Å²) in [6.45, 7) is 4.31. The molecule has 0 unspecified atom stereocenters. The van der Waals surface area contributed by atoms with Gasteiger partial charge in [-0.15, -0.1) is 0 Å². The van der Waals surface area contributed by atoms with E-state index in [1.807, 2.05) is 68.4 Å². The number of benzene rings is 3. The van der Waals surface area contributed by atoms with Crippen LogP contribution in [-0.4, -0.2) is 23.8 Å². The molecule has 170 valence electrons. The van der Waals surface area contributed by atoms with Crippen LogP contribution in [0, 0.1) is 0 Å². The van der Waals surface area contributed by atoms with Crippen LogP contribution in [0.2, 0.25) is 0 Å². The van der Waals surface area contributed by atoms with Crippen molar-refractivity contribution in [2.24, 2.45) is 0 Å². The molecule has 0 heterocycles. The number of amides is 3. The van der Waals surface area contributed by atoms with Crippen LogP contribution < -0.4 is 20.7 Å². The first-order valence-electron chi connectivity index (χ1n) is 10.7. The largest absolute Gasteiger partial charge is 0.491 e. The molecular formula is C26H27N3O4. The van der Waals surface area contributed by atoms with Gasteiger partial charge in [-0.2, -0.15) is 0 Å². The predicted octanol–water partition coefficient (Wildman–Crippen LogP) is 3.66. The normalized spacial score (nSPS) is 10.4. The van der Waals surface area contributed by atoms with Crippen molar-refractivity contribution in [1.82, 2.24) is 10.6 Å². The zero-order valence-corrected chi connectivity index (χ0v) is 18.6. The van der Waals surface area contributed by atoms with Crippen molar-refractivity contribution >= 4 is 23.4 Å². The Balaban J connectivity index is 1.60. The molecule has 0 spiro atoms. The van der Waals surface area contributed by atoms with Gasteiger partial charge in [0.05, 0.1) is 17.4 Å². The molecule has 0 saturated heterocycles. The summed E-state index contributed by atoms with van der Waals surface area (Å²) >= 11 is 0. The molecule has 3 aromatic rings. The summed E-state index contributed by atoms with van der Waals surface area (Å²) in [5, 5.41) is 7.95. The van der Waals surface area contributed by atoms with E-state index in [0.717, 1.165) is 11.1 Å². The molecular weight excluding hydrogens is 418 g/mol. The second-order valence-electron chi connectivity index (χ2n) is 7.62. The van der Waals surface area contributed by atoms with E-state index in [1.165, 1.54) is 0 Å². The highest BCUT2D eigenvalue weighted by Crippen LogP contribution is 2.19. The first-order valence-corrected chi connectivity index (χ1v) is 10.7. The maximum atomic E-state index is 12.6. The standard InChI is InChI=1S/C26H27N3O4/c1-18(2)33-23-15-9-6-12-20(23)17-28-25(31)26(32)29-22-14-8-7-13-21(22)24(30)27-16-19-10-4-3-5-11-19/h3-15,18H,16-17H2,1-2H3,(H,27,30)(H,28,31)(H,29,32). The molecule has 3 amide bonds. The molecule has 0 radical (unpaired) electrons. The second kappa shape index (κ2) is 11.5. The SMILES string of the molecule is CC(C)Oc1ccccc1CNC(=O)C(=O)Nc1ccccc1C(=O)NCc1ccccc1. The van der Waals surface area contributed by atoms with E-state index >= 15 is 0 Å². The van der Waals surface area contributed by atoms with Crippen molar-refractivity contribution in [3.8, 4) is 5.75 Å². The summed E-state index contributed by atoms with van der Waals surface area (Å²) in [4.78, 5) is 37.5. The Hall–Kier alpha value is -4.13. The monoisotopic (exact) mass is 445 g/mol. The topological polar surface area (TPSA) is 96.5 Å². The minimum atomic E-state index is -0.861. The van der Waals surface area contributed by atoms with Crippen LogP contribution in [-0.2, 0) is 22.7 Å². The van der Waals surface area contributed by atoms with Gasteiger partial charge in [0, 0.05) is 18.7 Å². The maximum Gasteiger partial charge on any atom is 0.313 e. The first kappa shape index (κ1) is 23.5. The van der Waals surface area contributed by atoms with E-state index in [4.69, 9.17) is 4.74 Å². The van der Waals surface area contributed by atoms with Crippen LogP contribution in [0.15, 0.2) is 78.9 Å². The molecule has 3 aromatic carbocycles. The molecule has 0 saturated carbocycles. The van der Waals surface area contributed by atoms with E-state index in [1.54, 1.807) is 24.3 Å². The number of hydrogen-bond donors (Lipinski definition) is 3. The van der Waals surface area contributed by atoms with Crippen molar-refractivity contribution < 1.29 is 19.1 Å². The lowest BCUT2D eigenvalue weighted by Crippen LogP contribution is -2.35. The highest BCUT2D eigenvalue weighted by atomic mass is 16.5. The molecule has 0 bridgehead atoms. The molecule has 7 heteroatoms. The number of carbonyl (C=O) groups is 3. The van der Waals surface area contributed by atoms with E-state index in [9.17, 15) is 14.4 Å². The van der Waals surface area contributed by atoms with Gasteiger partial charge in [0.25, 0.3) is 5.91 Å². The quantitative estimate of drug-likeness (QED) is 0.461. The maximum absolute atomic E-state index is 12.6. The molecule has 33 heavy (non-hydrogen) atoms. The van der Waals surface area contributed by atoms with E-state index in [0.29, 0.717) is 12.3 Å². The molecule has 0 fully saturated rings. The van der Waals surface area contributed by atoms with Crippen LogP contribution in [0.1, 0.15) is 35.3 Å². The van der Waals surface area contributed by atoms with Gasteiger partial charge in [-0.25, -0.2) is 0 Å². The van der Waals surface area contributed by atoms with E-state index < -0.39 is 11.8 Å². The zero-order valence-electron chi connectivity index (χ0n) is 18.6. The van der Waals surface area contributed by atoms with Gasteiger partial charge in [0.15, 0.2) is 0 Å². The number of ether oxygens (including phenoxy) is 1. The van der Waals surface area contributed by atoms with E-state index in [2.05, 4.69) is 16.0 Å². The molecule has 0 aliphatic heterocycles. The third-order valence-electron chi connectivity index (χ3n) is 4.70. The molecule has 3 N–H and O–H groups in total. The molecule has 0 atom stereocenters. The van der Waals surface area contributed by atoms with Crippen molar-refractivity contribution in [3.63, 3.8) is 0 Å². The Morgan fingerprint density at radius 3 is 2.18 bits per heavy atom. The first-order chi connectivity index (χ1) is 15.9. The van der Waals surface area contributed by atoms with Crippen LogP contribution in [0.25, 0.3) is 0 Å². The summed E-state index contributed by atoms with van der Waals surface area (Å²) in [5.41, 5.74) is 2.23. The van der Waals surface area contributed by atoms with Gasteiger partial charge in [-0.1, -0.05) is 60.7 Å². The summed E-state index contributed by atoms with van der Waals surface area (Å²) in [6, 6.07) is 23.3. The summed E-state index contributed by atoms with van der Waals surface area (Å²) in [6.07, 6.45) is -0.0188. The van der Waals surface area contributed by atoms with Crippen LogP contribution in [0.4, 0.5) is 5.69 Å². The van der Waals surface area contributed by atoms with Crippen molar-refractivity contribution in [3.05, 3.63) is 95.6 Å². The Bertz CT molecular complexity index is 1110. The Morgan fingerprint density at radius 1 is 0.758 bits per heavy atom. The number of hydrogen-bond acceptors (Lipinski definition) is 4. The Morgan fingerprint density at radius 2 is 1.42 bits per heavy atom.